The van der Waals surface area contributed by atoms with E-state index in [2.05, 4.69) is 5.10 Å². The van der Waals surface area contributed by atoms with Gasteiger partial charge >= 0.3 is 0 Å². The van der Waals surface area contributed by atoms with Crippen LogP contribution in [0.3, 0.4) is 0 Å². The summed E-state index contributed by atoms with van der Waals surface area (Å²) in [6, 6.07) is 5.20. The molecule has 0 fully saturated rings. The van der Waals surface area contributed by atoms with Crippen LogP contribution in [0.25, 0.3) is 5.69 Å². The Bertz CT molecular complexity index is 593. The number of alkyl halides is 2. The van der Waals surface area contributed by atoms with Gasteiger partial charge in [-0.3, -0.25) is 0 Å². The maximum Gasteiger partial charge on any atom is 0.289 e. The number of benzene rings is 1. The van der Waals surface area contributed by atoms with Crippen molar-refractivity contribution < 1.29 is 13.2 Å². The minimum Gasteiger partial charge on any atom is -0.325 e. The van der Waals surface area contributed by atoms with Crippen molar-refractivity contribution in [2.75, 3.05) is 6.54 Å². The van der Waals surface area contributed by atoms with Crippen LogP contribution in [0.1, 0.15) is 11.3 Å². The molecule has 0 unspecified atom stereocenters. The summed E-state index contributed by atoms with van der Waals surface area (Å²) in [5, 5.41) is 3.73. The standard InChI is InChI=1S/C12H11ClF3N3/c1-7-10(12(15,16)6-17)11(13)19(18-7)9-4-2-8(14)3-5-9/h2-5H,6,17H2,1H3. The van der Waals surface area contributed by atoms with Gasteiger partial charge in [0, 0.05) is 0 Å². The van der Waals surface area contributed by atoms with Gasteiger partial charge in [0.15, 0.2) is 0 Å². The lowest BCUT2D eigenvalue weighted by atomic mass is 10.1. The summed E-state index contributed by atoms with van der Waals surface area (Å²) < 4.78 is 41.3. The first-order valence-electron chi connectivity index (χ1n) is 5.46. The van der Waals surface area contributed by atoms with Crippen molar-refractivity contribution in [2.45, 2.75) is 12.8 Å². The molecule has 19 heavy (non-hydrogen) atoms. The van der Waals surface area contributed by atoms with Gasteiger partial charge in [-0.15, -0.1) is 0 Å². The molecule has 0 saturated heterocycles. The van der Waals surface area contributed by atoms with Crippen LogP contribution in [0.5, 0.6) is 0 Å². The molecule has 2 aromatic rings. The molecule has 1 aromatic heterocycles. The van der Waals surface area contributed by atoms with Crippen LogP contribution in [0.2, 0.25) is 5.15 Å². The van der Waals surface area contributed by atoms with Gasteiger partial charge in [0.1, 0.15) is 11.0 Å². The summed E-state index contributed by atoms with van der Waals surface area (Å²) in [5.41, 5.74) is 5.13. The van der Waals surface area contributed by atoms with E-state index in [1.54, 1.807) is 0 Å². The summed E-state index contributed by atoms with van der Waals surface area (Å²) in [6.07, 6.45) is 0. The van der Waals surface area contributed by atoms with Gasteiger partial charge in [-0.25, -0.2) is 9.07 Å². The van der Waals surface area contributed by atoms with Crippen molar-refractivity contribution in [3.8, 4) is 5.69 Å². The smallest absolute Gasteiger partial charge is 0.289 e. The van der Waals surface area contributed by atoms with Gasteiger partial charge in [-0.2, -0.15) is 13.9 Å². The second kappa shape index (κ2) is 4.86. The zero-order chi connectivity index (χ0) is 14.2. The van der Waals surface area contributed by atoms with Crippen molar-refractivity contribution in [3.63, 3.8) is 0 Å². The van der Waals surface area contributed by atoms with Gasteiger partial charge in [0.25, 0.3) is 5.92 Å². The predicted molar refractivity (Wildman–Crippen MR) is 66.2 cm³/mol. The van der Waals surface area contributed by atoms with E-state index < -0.39 is 23.8 Å². The highest BCUT2D eigenvalue weighted by Crippen LogP contribution is 2.36. The van der Waals surface area contributed by atoms with Crippen LogP contribution in [-0.4, -0.2) is 16.3 Å². The molecule has 3 nitrogen and oxygen atoms in total. The molecule has 0 aliphatic heterocycles. The molecule has 0 atom stereocenters. The van der Waals surface area contributed by atoms with Crippen molar-refractivity contribution in [2.24, 2.45) is 5.73 Å². The topological polar surface area (TPSA) is 43.8 Å². The van der Waals surface area contributed by atoms with E-state index in [-0.39, 0.29) is 10.8 Å². The third-order valence-corrected chi connectivity index (χ3v) is 3.05. The molecule has 0 radical (unpaired) electrons. The molecule has 2 N–H and O–H groups in total. The second-order valence-corrected chi connectivity index (χ2v) is 4.41. The van der Waals surface area contributed by atoms with Crippen molar-refractivity contribution >= 4 is 11.6 Å². The molecule has 0 saturated carbocycles. The van der Waals surface area contributed by atoms with Crippen LogP contribution >= 0.6 is 11.6 Å². The minimum absolute atomic E-state index is 0.0878. The Kier molecular flexibility index (Phi) is 3.56. The van der Waals surface area contributed by atoms with E-state index >= 15 is 0 Å². The Balaban J connectivity index is 2.56. The van der Waals surface area contributed by atoms with E-state index in [1.165, 1.54) is 31.2 Å². The lowest BCUT2D eigenvalue weighted by Crippen LogP contribution is -2.25. The van der Waals surface area contributed by atoms with Crippen LogP contribution in [0.4, 0.5) is 13.2 Å². The number of rotatable bonds is 3. The minimum atomic E-state index is -3.25. The Labute approximate surface area is 112 Å². The van der Waals surface area contributed by atoms with E-state index in [4.69, 9.17) is 17.3 Å². The van der Waals surface area contributed by atoms with Crippen molar-refractivity contribution in [1.82, 2.24) is 9.78 Å². The Morgan fingerprint density at radius 2 is 1.89 bits per heavy atom. The quantitative estimate of drug-likeness (QED) is 0.944. The first-order chi connectivity index (χ1) is 8.86. The SMILES string of the molecule is Cc1nn(-c2ccc(F)cc2)c(Cl)c1C(F)(F)CN. The van der Waals surface area contributed by atoms with Crippen molar-refractivity contribution in [1.29, 1.82) is 0 Å². The highest BCUT2D eigenvalue weighted by Gasteiger charge is 2.37. The highest BCUT2D eigenvalue weighted by atomic mass is 35.5. The lowest BCUT2D eigenvalue weighted by molar-refractivity contribution is 0.00542. The van der Waals surface area contributed by atoms with Crippen LogP contribution in [0.15, 0.2) is 24.3 Å². The number of hydrogen-bond acceptors (Lipinski definition) is 2. The Morgan fingerprint density at radius 3 is 2.42 bits per heavy atom. The number of nitrogens with zero attached hydrogens (tertiary/aromatic N) is 2. The molecule has 0 aliphatic rings. The molecular weight excluding hydrogens is 279 g/mol. The second-order valence-electron chi connectivity index (χ2n) is 4.05. The first kappa shape index (κ1) is 13.9. The third kappa shape index (κ3) is 2.46. The molecule has 102 valence electrons. The fourth-order valence-corrected chi connectivity index (χ4v) is 2.18. The number of aryl methyl sites for hydroxylation is 1. The largest absolute Gasteiger partial charge is 0.325 e. The summed E-state index contributed by atoms with van der Waals surface area (Å²) in [5.74, 6) is -3.68. The summed E-state index contributed by atoms with van der Waals surface area (Å²) in [4.78, 5) is 0. The lowest BCUT2D eigenvalue weighted by Gasteiger charge is -2.13. The molecule has 2 rings (SSSR count). The fourth-order valence-electron chi connectivity index (χ4n) is 1.77. The Hall–Kier alpha value is -1.53. The van der Waals surface area contributed by atoms with Crippen LogP contribution < -0.4 is 5.73 Å². The average molecular weight is 290 g/mol. The zero-order valence-corrected chi connectivity index (χ0v) is 10.8. The number of nitrogens with two attached hydrogens (primary N) is 1. The predicted octanol–water partition coefficient (Wildman–Crippen LogP) is 3.02. The number of halogens is 4. The normalized spacial score (nSPS) is 11.9. The molecular formula is C12H11ClF3N3. The van der Waals surface area contributed by atoms with E-state index in [0.717, 1.165) is 4.68 Å². The van der Waals surface area contributed by atoms with Gasteiger partial charge in [-0.05, 0) is 31.2 Å². The summed E-state index contributed by atoms with van der Waals surface area (Å²) >= 11 is 5.94. The molecule has 0 bridgehead atoms. The molecule has 1 aromatic carbocycles. The molecule has 7 heteroatoms. The highest BCUT2D eigenvalue weighted by molar-refractivity contribution is 6.30. The summed E-state index contributed by atoms with van der Waals surface area (Å²) in [6.45, 7) is 0.563. The first-order valence-corrected chi connectivity index (χ1v) is 5.84. The molecule has 0 amide bonds. The monoisotopic (exact) mass is 289 g/mol. The molecule has 0 spiro atoms. The van der Waals surface area contributed by atoms with E-state index in [9.17, 15) is 13.2 Å². The Morgan fingerprint density at radius 1 is 1.32 bits per heavy atom. The van der Waals surface area contributed by atoms with E-state index in [0.29, 0.717) is 5.69 Å². The van der Waals surface area contributed by atoms with Gasteiger partial charge in [0.2, 0.25) is 0 Å². The fraction of sp³-hybridized carbons (Fsp3) is 0.250. The number of hydrogen-bond donors (Lipinski definition) is 1. The maximum absolute atomic E-state index is 13.7. The molecule has 0 aliphatic carbocycles. The van der Waals surface area contributed by atoms with Crippen LogP contribution in [0, 0.1) is 12.7 Å². The van der Waals surface area contributed by atoms with Gasteiger partial charge in [-0.1, -0.05) is 11.6 Å². The maximum atomic E-state index is 13.7. The van der Waals surface area contributed by atoms with Crippen molar-refractivity contribution in [3.05, 3.63) is 46.5 Å². The summed E-state index contributed by atoms with van der Waals surface area (Å²) in [7, 11) is 0. The molecule has 1 heterocycles. The van der Waals surface area contributed by atoms with Gasteiger partial charge < -0.3 is 5.73 Å². The third-order valence-electron chi connectivity index (χ3n) is 2.70. The van der Waals surface area contributed by atoms with E-state index in [1.807, 2.05) is 0 Å². The number of aromatic nitrogens is 2. The van der Waals surface area contributed by atoms with Gasteiger partial charge in [0.05, 0.1) is 23.5 Å². The average Bonchev–Trinajstić information content (AvgIpc) is 2.66. The van der Waals surface area contributed by atoms with Crippen LogP contribution in [-0.2, 0) is 5.92 Å². The zero-order valence-electron chi connectivity index (χ0n) is 10.0.